The van der Waals surface area contributed by atoms with Gasteiger partial charge in [0.05, 0.1) is 17.4 Å². The van der Waals surface area contributed by atoms with Crippen LogP contribution in [0.5, 0.6) is 0 Å². The third-order valence-corrected chi connectivity index (χ3v) is 2.88. The fourth-order valence-electron chi connectivity index (χ4n) is 1.76. The van der Waals surface area contributed by atoms with E-state index < -0.39 is 11.9 Å². The number of nitrogen functional groups attached to an aromatic ring is 1. The number of carboxylic acid groups (broad SMARTS) is 1. The number of nitrogens with two attached hydrogens (primary N) is 1. The Bertz CT molecular complexity index is 663. The van der Waals surface area contributed by atoms with Crippen molar-refractivity contribution < 1.29 is 14.7 Å². The highest BCUT2D eigenvalue weighted by Gasteiger charge is 2.16. The molecule has 7 heteroatoms. The minimum absolute atomic E-state index is 0.0415. The van der Waals surface area contributed by atoms with E-state index in [0.717, 1.165) is 5.56 Å². The van der Waals surface area contributed by atoms with Crippen molar-refractivity contribution in [1.29, 1.82) is 0 Å². The van der Waals surface area contributed by atoms with Crippen molar-refractivity contribution in [2.45, 2.75) is 13.3 Å². The number of anilines is 2. The van der Waals surface area contributed by atoms with E-state index in [9.17, 15) is 14.7 Å². The lowest BCUT2D eigenvalue weighted by molar-refractivity contribution is 0.0698. The number of aromatic nitrogens is 2. The quantitative estimate of drug-likeness (QED) is 0.673. The second kappa shape index (κ2) is 5.43. The molecule has 5 N–H and O–H groups in total. The lowest BCUT2D eigenvalue weighted by Crippen LogP contribution is -2.15. The van der Waals surface area contributed by atoms with Gasteiger partial charge in [-0.05, 0) is 24.1 Å². The largest absolute Gasteiger partial charge is 0.478 e. The molecular formula is C13H14N4O3. The smallest absolute Gasteiger partial charge is 0.337 e. The number of benzene rings is 1. The van der Waals surface area contributed by atoms with Crippen molar-refractivity contribution >= 4 is 23.4 Å². The van der Waals surface area contributed by atoms with E-state index in [-0.39, 0.29) is 22.6 Å². The Kier molecular flexibility index (Phi) is 3.69. The van der Waals surface area contributed by atoms with Gasteiger partial charge in [-0.15, -0.1) is 0 Å². The highest BCUT2D eigenvalue weighted by molar-refractivity contribution is 6.09. The van der Waals surface area contributed by atoms with E-state index in [1.54, 1.807) is 12.1 Å². The Hall–Kier alpha value is -2.83. The standard InChI is InChI=1S/C13H14N4O3/c1-2-7-3-4-10(8(5-7)13(19)20)16-12(18)9-6-15-17-11(9)14/h3-6H,2H2,1H3,(H,16,18)(H,19,20)(H3,14,15,17). The third kappa shape index (κ3) is 2.61. The SMILES string of the molecule is CCc1ccc(NC(=O)c2cn[nH]c2N)c(C(=O)O)c1. The van der Waals surface area contributed by atoms with Crippen LogP contribution in [0.25, 0.3) is 0 Å². The molecule has 7 nitrogen and oxygen atoms in total. The third-order valence-electron chi connectivity index (χ3n) is 2.88. The summed E-state index contributed by atoms with van der Waals surface area (Å²) in [4.78, 5) is 23.2. The van der Waals surface area contributed by atoms with Crippen molar-refractivity contribution in [2.75, 3.05) is 11.1 Å². The summed E-state index contributed by atoms with van der Waals surface area (Å²) in [6.45, 7) is 1.92. The molecule has 2 rings (SSSR count). The molecule has 1 amide bonds. The van der Waals surface area contributed by atoms with Crippen LogP contribution in [0.2, 0.25) is 0 Å². The van der Waals surface area contributed by atoms with Gasteiger partial charge in [0.1, 0.15) is 11.4 Å². The van der Waals surface area contributed by atoms with E-state index in [4.69, 9.17) is 5.73 Å². The summed E-state index contributed by atoms with van der Waals surface area (Å²) >= 11 is 0. The van der Waals surface area contributed by atoms with Crippen LogP contribution in [-0.2, 0) is 6.42 Å². The average molecular weight is 274 g/mol. The fourth-order valence-corrected chi connectivity index (χ4v) is 1.76. The molecular weight excluding hydrogens is 260 g/mol. The highest BCUT2D eigenvalue weighted by atomic mass is 16.4. The topological polar surface area (TPSA) is 121 Å². The summed E-state index contributed by atoms with van der Waals surface area (Å²) in [5.74, 6) is -1.48. The summed E-state index contributed by atoms with van der Waals surface area (Å²) < 4.78 is 0. The molecule has 1 aromatic carbocycles. The highest BCUT2D eigenvalue weighted by Crippen LogP contribution is 2.20. The maximum Gasteiger partial charge on any atom is 0.337 e. The number of nitrogens with one attached hydrogen (secondary N) is 2. The van der Waals surface area contributed by atoms with Crippen LogP contribution < -0.4 is 11.1 Å². The first-order valence-corrected chi connectivity index (χ1v) is 5.99. The summed E-state index contributed by atoms with van der Waals surface area (Å²) in [6, 6.07) is 4.87. The van der Waals surface area contributed by atoms with Gasteiger partial charge in [-0.2, -0.15) is 5.10 Å². The number of carbonyl (C=O) groups excluding carboxylic acids is 1. The number of aryl methyl sites for hydroxylation is 1. The summed E-state index contributed by atoms with van der Waals surface area (Å²) in [5.41, 5.74) is 6.85. The van der Waals surface area contributed by atoms with E-state index in [1.807, 2.05) is 6.92 Å². The Morgan fingerprint density at radius 1 is 1.40 bits per heavy atom. The van der Waals surface area contributed by atoms with Crippen molar-refractivity contribution in [3.63, 3.8) is 0 Å². The van der Waals surface area contributed by atoms with Crippen molar-refractivity contribution in [3.8, 4) is 0 Å². The van der Waals surface area contributed by atoms with E-state index in [2.05, 4.69) is 15.5 Å². The average Bonchev–Trinajstić information content (AvgIpc) is 2.85. The Balaban J connectivity index is 2.32. The molecule has 0 aliphatic heterocycles. The van der Waals surface area contributed by atoms with Gasteiger partial charge in [0, 0.05) is 0 Å². The summed E-state index contributed by atoms with van der Waals surface area (Å²) in [6.07, 6.45) is 1.99. The Morgan fingerprint density at radius 2 is 2.15 bits per heavy atom. The van der Waals surface area contributed by atoms with Crippen LogP contribution in [0.4, 0.5) is 11.5 Å². The molecule has 0 radical (unpaired) electrons. The van der Waals surface area contributed by atoms with Gasteiger partial charge in [-0.25, -0.2) is 4.79 Å². The van der Waals surface area contributed by atoms with Gasteiger partial charge in [0.15, 0.2) is 0 Å². The van der Waals surface area contributed by atoms with Crippen LogP contribution in [0, 0.1) is 0 Å². The van der Waals surface area contributed by atoms with Gasteiger partial charge >= 0.3 is 5.97 Å². The molecule has 1 heterocycles. The molecule has 0 aliphatic rings. The molecule has 0 spiro atoms. The van der Waals surface area contributed by atoms with Gasteiger partial charge in [-0.3, -0.25) is 9.89 Å². The molecule has 0 fully saturated rings. The number of nitrogens with zero attached hydrogens (tertiary/aromatic N) is 1. The zero-order valence-electron chi connectivity index (χ0n) is 10.8. The molecule has 0 saturated carbocycles. The lowest BCUT2D eigenvalue weighted by Gasteiger charge is -2.09. The van der Waals surface area contributed by atoms with E-state index >= 15 is 0 Å². The Morgan fingerprint density at radius 3 is 2.70 bits per heavy atom. The van der Waals surface area contributed by atoms with Crippen LogP contribution in [-0.4, -0.2) is 27.2 Å². The first kappa shape index (κ1) is 13.6. The molecule has 2 aromatic rings. The van der Waals surface area contributed by atoms with Gasteiger partial charge in [-0.1, -0.05) is 13.0 Å². The van der Waals surface area contributed by atoms with Crippen molar-refractivity contribution in [1.82, 2.24) is 10.2 Å². The molecule has 20 heavy (non-hydrogen) atoms. The predicted molar refractivity (Wildman–Crippen MR) is 73.7 cm³/mol. The van der Waals surface area contributed by atoms with E-state index in [0.29, 0.717) is 6.42 Å². The van der Waals surface area contributed by atoms with Crippen LogP contribution >= 0.6 is 0 Å². The minimum atomic E-state index is -1.10. The van der Waals surface area contributed by atoms with Crippen molar-refractivity contribution in [3.05, 3.63) is 41.1 Å². The van der Waals surface area contributed by atoms with Crippen molar-refractivity contribution in [2.24, 2.45) is 0 Å². The van der Waals surface area contributed by atoms with Crippen LogP contribution in [0.15, 0.2) is 24.4 Å². The zero-order valence-corrected chi connectivity index (χ0v) is 10.8. The molecule has 1 aromatic heterocycles. The van der Waals surface area contributed by atoms with Crippen LogP contribution in [0.1, 0.15) is 33.2 Å². The fraction of sp³-hybridized carbons (Fsp3) is 0.154. The first-order chi connectivity index (χ1) is 9.52. The first-order valence-electron chi connectivity index (χ1n) is 5.99. The number of aromatic carboxylic acids is 1. The summed E-state index contributed by atoms with van der Waals surface area (Å²) in [7, 11) is 0. The van der Waals surface area contributed by atoms with E-state index in [1.165, 1.54) is 12.3 Å². The molecule has 0 saturated heterocycles. The predicted octanol–water partition coefficient (Wildman–Crippen LogP) is 1.50. The molecule has 0 bridgehead atoms. The zero-order chi connectivity index (χ0) is 14.7. The number of H-pyrrole nitrogens is 1. The normalized spacial score (nSPS) is 10.2. The lowest BCUT2D eigenvalue weighted by atomic mass is 10.1. The number of amides is 1. The molecule has 0 unspecified atom stereocenters. The number of aromatic amines is 1. The number of rotatable bonds is 4. The minimum Gasteiger partial charge on any atom is -0.478 e. The monoisotopic (exact) mass is 274 g/mol. The maximum atomic E-state index is 12.0. The molecule has 0 atom stereocenters. The number of hydrogen-bond acceptors (Lipinski definition) is 4. The number of carboxylic acids is 1. The molecule has 104 valence electrons. The number of carbonyl (C=O) groups is 2. The number of hydrogen-bond donors (Lipinski definition) is 4. The van der Waals surface area contributed by atoms with Gasteiger partial charge in [0.2, 0.25) is 0 Å². The van der Waals surface area contributed by atoms with Crippen LogP contribution in [0.3, 0.4) is 0 Å². The summed E-state index contributed by atoms with van der Waals surface area (Å²) in [5, 5.41) is 17.8. The van der Waals surface area contributed by atoms with Gasteiger partial charge < -0.3 is 16.2 Å². The molecule has 0 aliphatic carbocycles. The maximum absolute atomic E-state index is 12.0. The van der Waals surface area contributed by atoms with Gasteiger partial charge in [0.25, 0.3) is 5.91 Å². The second-order valence-corrected chi connectivity index (χ2v) is 4.19. The second-order valence-electron chi connectivity index (χ2n) is 4.19. The Labute approximate surface area is 114 Å².